The molecular weight excluding hydrogens is 188 g/mol. The van der Waals surface area contributed by atoms with Crippen LogP contribution in [0.3, 0.4) is 0 Å². The summed E-state index contributed by atoms with van der Waals surface area (Å²) in [5.41, 5.74) is 0.782. The van der Waals surface area contributed by atoms with E-state index in [1.54, 1.807) is 30.4 Å². The van der Waals surface area contributed by atoms with Gasteiger partial charge in [-0.2, -0.15) is 0 Å². The molecule has 1 rings (SSSR count). The minimum absolute atomic E-state index is 0.155. The summed E-state index contributed by atoms with van der Waals surface area (Å²) in [6.45, 7) is 1.83. The molecule has 1 N–H and O–H groups in total. The van der Waals surface area contributed by atoms with Crippen LogP contribution in [-0.4, -0.2) is 11.1 Å². The number of rotatable bonds is 2. The minimum Gasteiger partial charge on any atom is -0.478 e. The van der Waals surface area contributed by atoms with Crippen molar-refractivity contribution in [2.24, 2.45) is 0 Å². The normalized spacial score (nSPS) is 10.6. The smallest absolute Gasteiger partial charge is 0.337 e. The fourth-order valence-corrected chi connectivity index (χ4v) is 1.35. The van der Waals surface area contributed by atoms with E-state index in [0.717, 1.165) is 0 Å². The Morgan fingerprint density at radius 2 is 2.23 bits per heavy atom. The molecule has 0 saturated heterocycles. The van der Waals surface area contributed by atoms with Crippen LogP contribution in [0.4, 0.5) is 0 Å². The molecule has 0 unspecified atom stereocenters. The first-order valence-electron chi connectivity index (χ1n) is 3.81. The standard InChI is InChI=1S/C10H9ClO2/c1-2-4-7-5-3-6-8(11)9(7)10(12)13/h2-6H,1H3,(H,12,13). The van der Waals surface area contributed by atoms with Crippen LogP contribution >= 0.6 is 11.6 Å². The van der Waals surface area contributed by atoms with E-state index in [-0.39, 0.29) is 10.6 Å². The lowest BCUT2D eigenvalue weighted by Crippen LogP contribution is -2.00. The Labute approximate surface area is 81.5 Å². The first-order chi connectivity index (χ1) is 6.16. The lowest BCUT2D eigenvalue weighted by molar-refractivity contribution is 0.0697. The van der Waals surface area contributed by atoms with Crippen molar-refractivity contribution in [3.63, 3.8) is 0 Å². The molecule has 0 aliphatic heterocycles. The van der Waals surface area contributed by atoms with Crippen LogP contribution in [0, 0.1) is 0 Å². The second-order valence-corrected chi connectivity index (χ2v) is 2.92. The van der Waals surface area contributed by atoms with E-state index in [9.17, 15) is 4.79 Å². The van der Waals surface area contributed by atoms with Gasteiger partial charge in [0, 0.05) is 0 Å². The Balaban J connectivity index is 3.34. The third-order valence-electron chi connectivity index (χ3n) is 1.61. The van der Waals surface area contributed by atoms with Crippen LogP contribution in [0.1, 0.15) is 22.8 Å². The Bertz CT molecular complexity index is 356. The summed E-state index contributed by atoms with van der Waals surface area (Å²) >= 11 is 5.75. The van der Waals surface area contributed by atoms with Crippen molar-refractivity contribution in [1.29, 1.82) is 0 Å². The Hall–Kier alpha value is -1.28. The van der Waals surface area contributed by atoms with Gasteiger partial charge < -0.3 is 5.11 Å². The topological polar surface area (TPSA) is 37.3 Å². The lowest BCUT2D eigenvalue weighted by Gasteiger charge is -2.02. The van der Waals surface area contributed by atoms with E-state index in [4.69, 9.17) is 16.7 Å². The van der Waals surface area contributed by atoms with Crippen molar-refractivity contribution in [2.75, 3.05) is 0 Å². The summed E-state index contributed by atoms with van der Waals surface area (Å²) in [4.78, 5) is 10.8. The highest BCUT2D eigenvalue weighted by Crippen LogP contribution is 2.20. The molecule has 0 saturated carbocycles. The molecule has 0 heterocycles. The number of carboxylic acid groups (broad SMARTS) is 1. The van der Waals surface area contributed by atoms with Gasteiger partial charge in [0.15, 0.2) is 0 Å². The number of hydrogen-bond donors (Lipinski definition) is 1. The maximum atomic E-state index is 10.8. The van der Waals surface area contributed by atoms with Crippen molar-refractivity contribution in [2.45, 2.75) is 6.92 Å². The van der Waals surface area contributed by atoms with Crippen LogP contribution in [-0.2, 0) is 0 Å². The van der Waals surface area contributed by atoms with E-state index in [0.29, 0.717) is 5.56 Å². The number of carboxylic acids is 1. The fourth-order valence-electron chi connectivity index (χ4n) is 1.08. The second-order valence-electron chi connectivity index (χ2n) is 2.51. The van der Waals surface area contributed by atoms with Crippen LogP contribution < -0.4 is 0 Å². The molecule has 1 aromatic carbocycles. The maximum Gasteiger partial charge on any atom is 0.337 e. The highest BCUT2D eigenvalue weighted by atomic mass is 35.5. The molecule has 13 heavy (non-hydrogen) atoms. The Morgan fingerprint density at radius 3 is 2.77 bits per heavy atom. The Morgan fingerprint density at radius 1 is 1.54 bits per heavy atom. The quantitative estimate of drug-likeness (QED) is 0.790. The zero-order valence-electron chi connectivity index (χ0n) is 7.12. The van der Waals surface area contributed by atoms with Gasteiger partial charge in [-0.1, -0.05) is 35.9 Å². The molecule has 0 bridgehead atoms. The summed E-state index contributed by atoms with van der Waals surface area (Å²) in [5, 5.41) is 9.12. The van der Waals surface area contributed by atoms with Gasteiger partial charge in [0.25, 0.3) is 0 Å². The van der Waals surface area contributed by atoms with E-state index in [1.807, 2.05) is 6.92 Å². The number of allylic oxidation sites excluding steroid dienone is 1. The number of halogens is 1. The first-order valence-corrected chi connectivity index (χ1v) is 4.19. The molecule has 2 nitrogen and oxygen atoms in total. The first kappa shape index (κ1) is 9.81. The van der Waals surface area contributed by atoms with E-state index in [1.165, 1.54) is 0 Å². The fraction of sp³-hybridized carbons (Fsp3) is 0.100. The molecule has 68 valence electrons. The maximum absolute atomic E-state index is 10.8. The van der Waals surface area contributed by atoms with E-state index < -0.39 is 5.97 Å². The molecule has 0 radical (unpaired) electrons. The monoisotopic (exact) mass is 196 g/mol. The SMILES string of the molecule is CC=Cc1cccc(Cl)c1C(=O)O. The van der Waals surface area contributed by atoms with Gasteiger partial charge >= 0.3 is 5.97 Å². The summed E-state index contributed by atoms with van der Waals surface area (Å²) in [7, 11) is 0. The Kier molecular flexibility index (Phi) is 3.09. The second kappa shape index (κ2) is 4.10. The predicted molar refractivity (Wildman–Crippen MR) is 53.1 cm³/mol. The van der Waals surface area contributed by atoms with Crippen molar-refractivity contribution in [3.05, 3.63) is 40.4 Å². The minimum atomic E-state index is -1.00. The molecule has 0 atom stereocenters. The van der Waals surface area contributed by atoms with Crippen LogP contribution in [0.15, 0.2) is 24.3 Å². The van der Waals surface area contributed by atoms with Crippen LogP contribution in [0.25, 0.3) is 6.08 Å². The number of hydrogen-bond acceptors (Lipinski definition) is 1. The molecule has 0 aliphatic rings. The average Bonchev–Trinajstić information content (AvgIpc) is 2.04. The molecule has 3 heteroatoms. The van der Waals surface area contributed by atoms with Gasteiger partial charge in [0.1, 0.15) is 0 Å². The zero-order chi connectivity index (χ0) is 9.84. The molecule has 0 amide bonds. The third kappa shape index (κ3) is 2.10. The van der Waals surface area contributed by atoms with Gasteiger partial charge in [0.2, 0.25) is 0 Å². The summed E-state index contributed by atoms with van der Waals surface area (Å²) in [6, 6.07) is 5.01. The zero-order valence-corrected chi connectivity index (χ0v) is 7.88. The number of carbonyl (C=O) groups is 1. The van der Waals surface area contributed by atoms with Gasteiger partial charge in [-0.05, 0) is 18.6 Å². The van der Waals surface area contributed by atoms with Crippen LogP contribution in [0.5, 0.6) is 0 Å². The summed E-state index contributed by atoms with van der Waals surface area (Å²) < 4.78 is 0. The highest BCUT2D eigenvalue weighted by Gasteiger charge is 2.11. The van der Waals surface area contributed by atoms with Gasteiger partial charge in [-0.15, -0.1) is 0 Å². The highest BCUT2D eigenvalue weighted by molar-refractivity contribution is 6.33. The van der Waals surface area contributed by atoms with Gasteiger partial charge in [-0.25, -0.2) is 4.79 Å². The molecule has 0 aromatic heterocycles. The van der Waals surface area contributed by atoms with Crippen LogP contribution in [0.2, 0.25) is 5.02 Å². The average molecular weight is 197 g/mol. The number of aromatic carboxylic acids is 1. The summed E-state index contributed by atoms with van der Waals surface area (Å²) in [5.74, 6) is -1.00. The van der Waals surface area contributed by atoms with E-state index in [2.05, 4.69) is 0 Å². The molecule has 0 fully saturated rings. The van der Waals surface area contributed by atoms with E-state index >= 15 is 0 Å². The largest absolute Gasteiger partial charge is 0.478 e. The van der Waals surface area contributed by atoms with Crippen molar-refractivity contribution in [1.82, 2.24) is 0 Å². The van der Waals surface area contributed by atoms with Crippen molar-refractivity contribution < 1.29 is 9.90 Å². The molecule has 0 spiro atoms. The number of benzene rings is 1. The summed E-state index contributed by atoms with van der Waals surface area (Å²) in [6.07, 6.45) is 3.49. The lowest BCUT2D eigenvalue weighted by atomic mass is 10.1. The molecular formula is C10H9ClO2. The third-order valence-corrected chi connectivity index (χ3v) is 1.92. The van der Waals surface area contributed by atoms with Gasteiger partial charge in [-0.3, -0.25) is 0 Å². The van der Waals surface area contributed by atoms with Crippen molar-refractivity contribution in [3.8, 4) is 0 Å². The van der Waals surface area contributed by atoms with Crippen molar-refractivity contribution >= 4 is 23.6 Å². The molecule has 1 aromatic rings. The predicted octanol–water partition coefficient (Wildman–Crippen LogP) is 3.07. The van der Waals surface area contributed by atoms with Gasteiger partial charge in [0.05, 0.1) is 10.6 Å². The molecule has 0 aliphatic carbocycles.